The van der Waals surface area contributed by atoms with Crippen LogP contribution < -0.4 is 20.1 Å². The normalized spacial score (nSPS) is 23.6. The zero-order chi connectivity index (χ0) is 17.1. The summed E-state index contributed by atoms with van der Waals surface area (Å²) in [5, 5.41) is 5.83. The number of carbonyl (C=O) groups excluding carboxylic acids is 1. The van der Waals surface area contributed by atoms with Gasteiger partial charge in [0.1, 0.15) is 13.2 Å². The van der Waals surface area contributed by atoms with E-state index in [0.29, 0.717) is 26.3 Å². The van der Waals surface area contributed by atoms with Crippen LogP contribution in [0.3, 0.4) is 0 Å². The average Bonchev–Trinajstić information content (AvgIpc) is 3.28. The minimum Gasteiger partial charge on any atom is -0.486 e. The molecule has 1 aromatic carbocycles. The maximum atomic E-state index is 12.1. The fourth-order valence-corrected chi connectivity index (χ4v) is 4.14. The van der Waals surface area contributed by atoms with Crippen molar-refractivity contribution in [3.63, 3.8) is 0 Å². The number of carbonyl (C=O) groups is 1. The predicted octanol–water partition coefficient (Wildman–Crippen LogP) is 2.75. The highest BCUT2D eigenvalue weighted by molar-refractivity contribution is 5.74. The Kier molecular flexibility index (Phi) is 4.70. The molecule has 1 spiro atoms. The third kappa shape index (κ3) is 3.68. The molecule has 1 aliphatic carbocycles. The van der Waals surface area contributed by atoms with Crippen LogP contribution in [0.15, 0.2) is 18.2 Å². The third-order valence-corrected chi connectivity index (χ3v) is 5.43. The van der Waals surface area contributed by atoms with Gasteiger partial charge in [-0.15, -0.1) is 0 Å². The first-order valence-electron chi connectivity index (χ1n) is 9.31. The Bertz CT molecular complexity index is 628. The molecule has 4 rings (SSSR count). The molecule has 2 amide bonds. The number of hydrogen-bond donors (Lipinski definition) is 2. The van der Waals surface area contributed by atoms with Gasteiger partial charge in [0.2, 0.25) is 0 Å². The lowest BCUT2D eigenvalue weighted by Gasteiger charge is -2.24. The second-order valence-corrected chi connectivity index (χ2v) is 7.17. The smallest absolute Gasteiger partial charge is 0.315 e. The van der Waals surface area contributed by atoms with Gasteiger partial charge in [-0.2, -0.15) is 0 Å². The van der Waals surface area contributed by atoms with E-state index in [2.05, 4.69) is 10.6 Å². The number of nitrogens with one attached hydrogen (secondary N) is 2. The topological polar surface area (TPSA) is 68.8 Å². The van der Waals surface area contributed by atoms with Gasteiger partial charge < -0.3 is 24.8 Å². The van der Waals surface area contributed by atoms with Crippen molar-refractivity contribution < 1.29 is 19.0 Å². The Labute approximate surface area is 148 Å². The molecule has 1 aromatic rings. The summed E-state index contributed by atoms with van der Waals surface area (Å²) in [6.45, 7) is 2.08. The van der Waals surface area contributed by atoms with Crippen molar-refractivity contribution in [2.24, 2.45) is 0 Å². The lowest BCUT2D eigenvalue weighted by molar-refractivity contribution is -0.0341. The number of para-hydroxylation sites is 1. The fourth-order valence-electron chi connectivity index (χ4n) is 4.14. The van der Waals surface area contributed by atoms with E-state index >= 15 is 0 Å². The number of rotatable bonds is 4. The number of urea groups is 1. The standard InChI is InChI=1S/C19H26N2O4/c22-18(21-13-15-6-9-19(25-15)7-1-2-8-19)20-12-14-4-3-5-16-17(14)24-11-10-23-16/h3-5,15H,1-2,6-13H2,(H2,20,21,22). The minimum atomic E-state index is -0.176. The largest absolute Gasteiger partial charge is 0.486 e. The van der Waals surface area contributed by atoms with Crippen LogP contribution in [0.1, 0.15) is 44.1 Å². The Morgan fingerprint density at radius 1 is 1.12 bits per heavy atom. The van der Waals surface area contributed by atoms with E-state index in [1.54, 1.807) is 0 Å². The molecule has 0 radical (unpaired) electrons. The Morgan fingerprint density at radius 2 is 1.96 bits per heavy atom. The molecule has 0 aromatic heterocycles. The molecule has 136 valence electrons. The summed E-state index contributed by atoms with van der Waals surface area (Å²) in [7, 11) is 0. The van der Waals surface area contributed by atoms with Crippen LogP contribution in [0.2, 0.25) is 0 Å². The van der Waals surface area contributed by atoms with Crippen molar-refractivity contribution in [1.29, 1.82) is 0 Å². The van der Waals surface area contributed by atoms with Crippen molar-refractivity contribution in [3.05, 3.63) is 23.8 Å². The van der Waals surface area contributed by atoms with Gasteiger partial charge in [-0.05, 0) is 31.7 Å². The first-order chi connectivity index (χ1) is 12.2. The molecular formula is C19H26N2O4. The molecule has 1 saturated heterocycles. The van der Waals surface area contributed by atoms with E-state index in [1.807, 2.05) is 18.2 Å². The van der Waals surface area contributed by atoms with Crippen molar-refractivity contribution in [2.75, 3.05) is 19.8 Å². The van der Waals surface area contributed by atoms with Crippen molar-refractivity contribution in [2.45, 2.75) is 56.8 Å². The predicted molar refractivity (Wildman–Crippen MR) is 93.0 cm³/mol. The lowest BCUT2D eigenvalue weighted by atomic mass is 9.98. The van der Waals surface area contributed by atoms with Gasteiger partial charge in [0, 0.05) is 18.7 Å². The molecule has 1 unspecified atom stereocenters. The third-order valence-electron chi connectivity index (χ3n) is 5.43. The van der Waals surface area contributed by atoms with Crippen LogP contribution >= 0.6 is 0 Å². The summed E-state index contributed by atoms with van der Waals surface area (Å²) in [5.41, 5.74) is 1.04. The molecule has 2 heterocycles. The maximum Gasteiger partial charge on any atom is 0.315 e. The molecule has 0 bridgehead atoms. The number of fused-ring (bicyclic) bond motifs is 1. The summed E-state index contributed by atoms with van der Waals surface area (Å²) >= 11 is 0. The highest BCUT2D eigenvalue weighted by Crippen LogP contribution is 2.43. The van der Waals surface area contributed by atoms with Gasteiger partial charge in [-0.25, -0.2) is 4.79 Å². The minimum absolute atomic E-state index is 0.114. The number of benzene rings is 1. The molecule has 6 heteroatoms. The van der Waals surface area contributed by atoms with E-state index in [1.165, 1.54) is 25.7 Å². The molecular weight excluding hydrogens is 320 g/mol. The van der Waals surface area contributed by atoms with Gasteiger partial charge in [-0.3, -0.25) is 0 Å². The highest BCUT2D eigenvalue weighted by Gasteiger charge is 2.42. The summed E-state index contributed by atoms with van der Waals surface area (Å²) in [6, 6.07) is 5.56. The van der Waals surface area contributed by atoms with E-state index in [9.17, 15) is 4.79 Å². The summed E-state index contributed by atoms with van der Waals surface area (Å²) in [6.07, 6.45) is 7.21. The first kappa shape index (κ1) is 16.5. The molecule has 1 atom stereocenters. The summed E-state index contributed by atoms with van der Waals surface area (Å²) < 4.78 is 17.4. The SMILES string of the molecule is O=C(NCc1cccc2c1OCCO2)NCC1CCC2(CCCC2)O1. The maximum absolute atomic E-state index is 12.1. The van der Waals surface area contributed by atoms with E-state index in [-0.39, 0.29) is 17.7 Å². The van der Waals surface area contributed by atoms with Crippen molar-refractivity contribution >= 4 is 6.03 Å². The second kappa shape index (κ2) is 7.12. The number of hydrogen-bond acceptors (Lipinski definition) is 4. The van der Waals surface area contributed by atoms with Crippen LogP contribution in [0.4, 0.5) is 4.79 Å². The van der Waals surface area contributed by atoms with E-state index < -0.39 is 0 Å². The second-order valence-electron chi connectivity index (χ2n) is 7.17. The zero-order valence-corrected chi connectivity index (χ0v) is 14.5. The van der Waals surface area contributed by atoms with Gasteiger partial charge in [-0.1, -0.05) is 25.0 Å². The van der Waals surface area contributed by atoms with Crippen LogP contribution in [0, 0.1) is 0 Å². The summed E-state index contributed by atoms with van der Waals surface area (Å²) in [5.74, 6) is 1.48. The van der Waals surface area contributed by atoms with Crippen molar-refractivity contribution in [3.8, 4) is 11.5 Å². The molecule has 1 saturated carbocycles. The van der Waals surface area contributed by atoms with Crippen LogP contribution in [-0.4, -0.2) is 37.5 Å². The Hall–Kier alpha value is -1.95. The first-order valence-corrected chi connectivity index (χ1v) is 9.31. The van der Waals surface area contributed by atoms with Crippen LogP contribution in [0.25, 0.3) is 0 Å². The average molecular weight is 346 g/mol. The molecule has 2 aliphatic heterocycles. The number of amides is 2. The van der Waals surface area contributed by atoms with E-state index in [0.717, 1.165) is 29.9 Å². The highest BCUT2D eigenvalue weighted by atomic mass is 16.6. The molecule has 6 nitrogen and oxygen atoms in total. The molecule has 2 fully saturated rings. The van der Waals surface area contributed by atoms with Gasteiger partial charge in [0.25, 0.3) is 0 Å². The lowest BCUT2D eigenvalue weighted by Crippen LogP contribution is -2.40. The zero-order valence-electron chi connectivity index (χ0n) is 14.5. The molecule has 25 heavy (non-hydrogen) atoms. The monoisotopic (exact) mass is 346 g/mol. The van der Waals surface area contributed by atoms with Crippen LogP contribution in [0.5, 0.6) is 11.5 Å². The summed E-state index contributed by atoms with van der Waals surface area (Å²) in [4.78, 5) is 12.1. The van der Waals surface area contributed by atoms with E-state index in [4.69, 9.17) is 14.2 Å². The van der Waals surface area contributed by atoms with Crippen molar-refractivity contribution in [1.82, 2.24) is 10.6 Å². The number of ether oxygens (including phenoxy) is 3. The quantitative estimate of drug-likeness (QED) is 0.880. The fraction of sp³-hybridized carbons (Fsp3) is 0.632. The van der Waals surface area contributed by atoms with Crippen LogP contribution in [-0.2, 0) is 11.3 Å². The van der Waals surface area contributed by atoms with Gasteiger partial charge >= 0.3 is 6.03 Å². The molecule has 3 aliphatic rings. The Balaban J connectivity index is 1.24. The molecule has 2 N–H and O–H groups in total. The van der Waals surface area contributed by atoms with Gasteiger partial charge in [0.15, 0.2) is 11.5 Å². The Morgan fingerprint density at radius 3 is 2.84 bits per heavy atom. The van der Waals surface area contributed by atoms with Gasteiger partial charge in [0.05, 0.1) is 11.7 Å².